The molecule has 1 aromatic rings. The highest BCUT2D eigenvalue weighted by Gasteiger charge is 2.31. The summed E-state index contributed by atoms with van der Waals surface area (Å²) in [6.45, 7) is 10.3. The molecule has 0 heterocycles. The molecular formula is C19H31N. The van der Waals surface area contributed by atoms with Gasteiger partial charge < -0.3 is 5.32 Å². The van der Waals surface area contributed by atoms with Crippen LogP contribution >= 0.6 is 0 Å². The van der Waals surface area contributed by atoms with Gasteiger partial charge in [0.05, 0.1) is 0 Å². The van der Waals surface area contributed by atoms with Crippen molar-refractivity contribution in [3.63, 3.8) is 0 Å². The molecule has 0 radical (unpaired) electrons. The Kier molecular flexibility index (Phi) is 5.26. The summed E-state index contributed by atoms with van der Waals surface area (Å²) in [5.41, 5.74) is 3.42. The molecule has 1 nitrogen and oxygen atoms in total. The lowest BCUT2D eigenvalue weighted by molar-refractivity contribution is 0.259. The van der Waals surface area contributed by atoms with Crippen LogP contribution in [0.2, 0.25) is 0 Å². The first-order chi connectivity index (χ1) is 9.56. The topological polar surface area (TPSA) is 12.0 Å². The smallest absolute Gasteiger partial charge is 0.0292 e. The lowest BCUT2D eigenvalue weighted by atomic mass is 9.83. The molecule has 20 heavy (non-hydrogen) atoms. The van der Waals surface area contributed by atoms with Crippen LogP contribution in [0.15, 0.2) is 24.3 Å². The zero-order valence-corrected chi connectivity index (χ0v) is 13.7. The van der Waals surface area contributed by atoms with Gasteiger partial charge in [-0.05, 0) is 48.6 Å². The summed E-state index contributed by atoms with van der Waals surface area (Å²) in [7, 11) is 0. The molecule has 0 spiro atoms. The molecule has 1 fully saturated rings. The molecular weight excluding hydrogens is 242 g/mol. The van der Waals surface area contributed by atoms with Gasteiger partial charge in [0.2, 0.25) is 0 Å². The summed E-state index contributed by atoms with van der Waals surface area (Å²) in [4.78, 5) is 0. The van der Waals surface area contributed by atoms with Crippen LogP contribution in [-0.4, -0.2) is 6.54 Å². The van der Waals surface area contributed by atoms with Crippen LogP contribution in [0.3, 0.4) is 0 Å². The van der Waals surface area contributed by atoms with E-state index in [1.165, 1.54) is 49.8 Å². The van der Waals surface area contributed by atoms with E-state index >= 15 is 0 Å². The van der Waals surface area contributed by atoms with Gasteiger partial charge in [0, 0.05) is 12.6 Å². The SMILES string of the molecule is CCC1(CNC(C)c2ccc(C(C)C)cc2)CCCC1. The van der Waals surface area contributed by atoms with E-state index in [1.807, 2.05) is 0 Å². The van der Waals surface area contributed by atoms with Crippen molar-refractivity contribution in [2.45, 2.75) is 71.8 Å². The summed E-state index contributed by atoms with van der Waals surface area (Å²) >= 11 is 0. The lowest BCUT2D eigenvalue weighted by Crippen LogP contribution is -2.33. The normalized spacial score (nSPS) is 19.4. The number of hydrogen-bond donors (Lipinski definition) is 1. The monoisotopic (exact) mass is 273 g/mol. The first-order valence-corrected chi connectivity index (χ1v) is 8.39. The minimum atomic E-state index is 0.459. The largest absolute Gasteiger partial charge is 0.310 e. The summed E-state index contributed by atoms with van der Waals surface area (Å²) in [6, 6.07) is 9.60. The van der Waals surface area contributed by atoms with Crippen LogP contribution in [0.25, 0.3) is 0 Å². The molecule has 1 aliphatic rings. The van der Waals surface area contributed by atoms with Crippen LogP contribution in [0.1, 0.15) is 82.9 Å². The maximum atomic E-state index is 3.78. The molecule has 0 bridgehead atoms. The van der Waals surface area contributed by atoms with Crippen LogP contribution in [0.5, 0.6) is 0 Å². The predicted octanol–water partition coefficient (Wildman–Crippen LogP) is 5.43. The second kappa shape index (κ2) is 6.76. The molecule has 1 aliphatic carbocycles. The molecule has 0 aliphatic heterocycles. The number of nitrogens with one attached hydrogen (secondary N) is 1. The van der Waals surface area contributed by atoms with Gasteiger partial charge in [0.15, 0.2) is 0 Å². The summed E-state index contributed by atoms with van der Waals surface area (Å²) in [6.07, 6.45) is 6.99. The van der Waals surface area contributed by atoms with Crippen molar-refractivity contribution >= 4 is 0 Å². The molecule has 1 saturated carbocycles. The molecule has 2 rings (SSSR count). The molecule has 112 valence electrons. The van der Waals surface area contributed by atoms with E-state index in [9.17, 15) is 0 Å². The molecule has 0 aromatic heterocycles. The molecule has 1 unspecified atom stereocenters. The van der Waals surface area contributed by atoms with Crippen LogP contribution in [0, 0.1) is 5.41 Å². The highest BCUT2D eigenvalue weighted by Crippen LogP contribution is 2.40. The Morgan fingerprint density at radius 3 is 2.05 bits per heavy atom. The van der Waals surface area contributed by atoms with Crippen molar-refractivity contribution in [2.75, 3.05) is 6.54 Å². The fourth-order valence-corrected chi connectivity index (χ4v) is 3.44. The van der Waals surface area contributed by atoms with Crippen molar-refractivity contribution in [3.05, 3.63) is 35.4 Å². The fraction of sp³-hybridized carbons (Fsp3) is 0.684. The third-order valence-electron chi connectivity index (χ3n) is 5.30. The number of benzene rings is 1. The Labute approximate surface area is 125 Å². The zero-order valence-electron chi connectivity index (χ0n) is 13.7. The van der Waals surface area contributed by atoms with Crippen LogP contribution in [-0.2, 0) is 0 Å². The predicted molar refractivity (Wildman–Crippen MR) is 88.1 cm³/mol. The number of rotatable bonds is 6. The molecule has 1 aromatic carbocycles. The quantitative estimate of drug-likeness (QED) is 0.728. The second-order valence-electron chi connectivity index (χ2n) is 6.98. The van der Waals surface area contributed by atoms with Gasteiger partial charge in [-0.15, -0.1) is 0 Å². The lowest BCUT2D eigenvalue weighted by Gasteiger charge is -2.30. The fourth-order valence-electron chi connectivity index (χ4n) is 3.44. The molecule has 1 atom stereocenters. The van der Waals surface area contributed by atoms with Crippen molar-refractivity contribution in [3.8, 4) is 0 Å². The first-order valence-electron chi connectivity index (χ1n) is 8.39. The van der Waals surface area contributed by atoms with E-state index in [0.29, 0.717) is 17.4 Å². The average Bonchev–Trinajstić information content (AvgIpc) is 2.94. The molecule has 0 amide bonds. The Morgan fingerprint density at radius 2 is 1.55 bits per heavy atom. The van der Waals surface area contributed by atoms with Gasteiger partial charge in [-0.25, -0.2) is 0 Å². The van der Waals surface area contributed by atoms with E-state index in [1.54, 1.807) is 0 Å². The van der Waals surface area contributed by atoms with Gasteiger partial charge in [-0.3, -0.25) is 0 Å². The van der Waals surface area contributed by atoms with Gasteiger partial charge >= 0.3 is 0 Å². The van der Waals surface area contributed by atoms with E-state index in [-0.39, 0.29) is 0 Å². The summed E-state index contributed by atoms with van der Waals surface area (Å²) in [5.74, 6) is 0.620. The molecule has 1 N–H and O–H groups in total. The second-order valence-corrected chi connectivity index (χ2v) is 6.98. The Bertz CT molecular complexity index is 398. The van der Waals surface area contributed by atoms with Gasteiger partial charge in [0.1, 0.15) is 0 Å². The average molecular weight is 273 g/mol. The van der Waals surface area contributed by atoms with Crippen molar-refractivity contribution in [1.29, 1.82) is 0 Å². The van der Waals surface area contributed by atoms with Gasteiger partial charge in [-0.1, -0.05) is 57.9 Å². The minimum absolute atomic E-state index is 0.459. The van der Waals surface area contributed by atoms with Crippen molar-refractivity contribution < 1.29 is 0 Å². The summed E-state index contributed by atoms with van der Waals surface area (Å²) in [5, 5.41) is 3.78. The minimum Gasteiger partial charge on any atom is -0.310 e. The van der Waals surface area contributed by atoms with Gasteiger partial charge in [0.25, 0.3) is 0 Å². The highest BCUT2D eigenvalue weighted by molar-refractivity contribution is 5.26. The van der Waals surface area contributed by atoms with Gasteiger partial charge in [-0.2, -0.15) is 0 Å². The maximum Gasteiger partial charge on any atom is 0.0292 e. The molecule has 0 saturated heterocycles. The van der Waals surface area contributed by atoms with E-state index in [0.717, 1.165) is 0 Å². The Morgan fingerprint density at radius 1 is 1.00 bits per heavy atom. The maximum absolute atomic E-state index is 3.78. The first kappa shape index (κ1) is 15.6. The van der Waals surface area contributed by atoms with Crippen molar-refractivity contribution in [2.24, 2.45) is 5.41 Å². The van der Waals surface area contributed by atoms with E-state index in [4.69, 9.17) is 0 Å². The summed E-state index contributed by atoms with van der Waals surface area (Å²) < 4.78 is 0. The van der Waals surface area contributed by atoms with Crippen LogP contribution < -0.4 is 5.32 Å². The Hall–Kier alpha value is -0.820. The Balaban J connectivity index is 1.92. The third kappa shape index (κ3) is 3.63. The van der Waals surface area contributed by atoms with Crippen molar-refractivity contribution in [1.82, 2.24) is 5.32 Å². The standard InChI is InChI=1S/C19H31N/c1-5-19(12-6-7-13-19)14-20-16(4)18-10-8-17(9-11-18)15(2)3/h8-11,15-16,20H,5-7,12-14H2,1-4H3. The third-order valence-corrected chi connectivity index (χ3v) is 5.30. The van der Waals surface area contributed by atoms with E-state index in [2.05, 4.69) is 57.3 Å². The number of hydrogen-bond acceptors (Lipinski definition) is 1. The van der Waals surface area contributed by atoms with Crippen LogP contribution in [0.4, 0.5) is 0 Å². The zero-order chi connectivity index (χ0) is 14.6. The molecule has 1 heteroatoms. The van der Waals surface area contributed by atoms with E-state index < -0.39 is 0 Å². The highest BCUT2D eigenvalue weighted by atomic mass is 14.9.